The summed E-state index contributed by atoms with van der Waals surface area (Å²) in [5.74, 6) is -0.274. The van der Waals surface area contributed by atoms with Gasteiger partial charge in [-0.2, -0.15) is 0 Å². The van der Waals surface area contributed by atoms with Gasteiger partial charge in [0, 0.05) is 17.5 Å². The van der Waals surface area contributed by atoms with Gasteiger partial charge in [0.25, 0.3) is 0 Å². The molecule has 162 valence electrons. The maximum Gasteiger partial charge on any atom is 0.341 e. The number of aromatic hydroxyl groups is 1. The number of carboxylic acid groups (broad SMARTS) is 1. The molecule has 0 radical (unpaired) electrons. The Labute approximate surface area is 177 Å². The molecule has 1 heterocycles. The van der Waals surface area contributed by atoms with Crippen molar-refractivity contribution in [3.05, 3.63) is 51.8 Å². The third kappa shape index (κ3) is 4.43. The second-order valence-corrected chi connectivity index (χ2v) is 8.45. The van der Waals surface area contributed by atoms with Gasteiger partial charge < -0.3 is 20.1 Å². The van der Waals surface area contributed by atoms with E-state index in [9.17, 15) is 15.0 Å². The number of benzene rings is 1. The van der Waals surface area contributed by atoms with Gasteiger partial charge in [0.15, 0.2) is 6.61 Å². The van der Waals surface area contributed by atoms with E-state index in [-0.39, 0.29) is 19.0 Å². The summed E-state index contributed by atoms with van der Waals surface area (Å²) < 4.78 is 5.43. The molecule has 6 heteroatoms. The minimum Gasteiger partial charge on any atom is -0.506 e. The van der Waals surface area contributed by atoms with Gasteiger partial charge in [0.1, 0.15) is 11.5 Å². The zero-order chi connectivity index (χ0) is 21.9. The number of rotatable bonds is 7. The third-order valence-corrected chi connectivity index (χ3v) is 6.46. The number of nitrogens with zero attached hydrogens (tertiary/aromatic N) is 1. The van der Waals surface area contributed by atoms with E-state index in [0.29, 0.717) is 17.9 Å². The average molecular weight is 414 g/mol. The van der Waals surface area contributed by atoms with Gasteiger partial charge in [0.05, 0.1) is 12.3 Å². The first-order valence-electron chi connectivity index (χ1n) is 10.5. The predicted octanol–water partition coefficient (Wildman–Crippen LogP) is 3.96. The Kier molecular flexibility index (Phi) is 6.66. The van der Waals surface area contributed by atoms with Crippen LogP contribution in [0.1, 0.15) is 65.7 Å². The molecule has 1 aromatic heterocycles. The lowest BCUT2D eigenvalue weighted by Crippen LogP contribution is -2.34. The van der Waals surface area contributed by atoms with E-state index >= 15 is 0 Å². The number of aliphatic hydroxyl groups is 1. The summed E-state index contributed by atoms with van der Waals surface area (Å²) in [6.45, 7) is 5.53. The molecule has 0 bridgehead atoms. The van der Waals surface area contributed by atoms with Crippen molar-refractivity contribution < 1.29 is 24.9 Å². The number of aliphatic hydroxyl groups excluding tert-OH is 1. The molecule has 0 atom stereocenters. The third-order valence-electron chi connectivity index (χ3n) is 6.46. The van der Waals surface area contributed by atoms with E-state index in [1.54, 1.807) is 6.07 Å². The average Bonchev–Trinajstić information content (AvgIpc) is 2.74. The standard InChI is InChI=1S/C24H31NO5/c1-15-11-21(30-13-22(28)29)17(3)16(2)19(15)12-18-7-8-20(27)23(25-18)24(14-26)9-5-4-6-10-24/h7-8,11,26-27H,4-6,9-10,12-14H2,1-3H3,(H,28,29). The molecular weight excluding hydrogens is 382 g/mol. The van der Waals surface area contributed by atoms with Crippen molar-refractivity contribution in [1.82, 2.24) is 4.98 Å². The number of carbonyl (C=O) groups is 1. The highest BCUT2D eigenvalue weighted by atomic mass is 16.5. The van der Waals surface area contributed by atoms with Gasteiger partial charge in [-0.15, -0.1) is 0 Å². The number of ether oxygens (including phenoxy) is 1. The van der Waals surface area contributed by atoms with Crippen molar-refractivity contribution in [1.29, 1.82) is 0 Å². The molecule has 1 aliphatic carbocycles. The molecule has 6 nitrogen and oxygen atoms in total. The number of aromatic nitrogens is 1. The van der Waals surface area contributed by atoms with E-state index in [4.69, 9.17) is 14.8 Å². The van der Waals surface area contributed by atoms with Crippen LogP contribution in [0, 0.1) is 20.8 Å². The normalized spacial score (nSPS) is 15.7. The predicted molar refractivity (Wildman–Crippen MR) is 114 cm³/mol. The van der Waals surface area contributed by atoms with E-state index in [1.165, 1.54) is 0 Å². The summed E-state index contributed by atoms with van der Waals surface area (Å²) in [5, 5.41) is 29.5. The smallest absolute Gasteiger partial charge is 0.341 e. The van der Waals surface area contributed by atoms with E-state index < -0.39 is 11.4 Å². The molecule has 1 saturated carbocycles. The minimum atomic E-state index is -1.00. The van der Waals surface area contributed by atoms with Crippen molar-refractivity contribution in [2.24, 2.45) is 0 Å². The molecule has 30 heavy (non-hydrogen) atoms. The van der Waals surface area contributed by atoms with Crippen molar-refractivity contribution in [2.45, 2.75) is 64.7 Å². The van der Waals surface area contributed by atoms with Crippen LogP contribution < -0.4 is 4.74 Å². The molecule has 0 saturated heterocycles. The van der Waals surface area contributed by atoms with E-state index in [1.807, 2.05) is 32.9 Å². The van der Waals surface area contributed by atoms with Crippen LogP contribution in [0.15, 0.2) is 18.2 Å². The Morgan fingerprint density at radius 2 is 1.83 bits per heavy atom. The number of carboxylic acids is 1. The first-order chi connectivity index (χ1) is 14.3. The Bertz CT molecular complexity index is 932. The summed E-state index contributed by atoms with van der Waals surface area (Å²) in [7, 11) is 0. The molecule has 0 amide bonds. The van der Waals surface area contributed by atoms with Crippen molar-refractivity contribution >= 4 is 5.97 Å². The molecule has 3 N–H and O–H groups in total. The maximum absolute atomic E-state index is 10.8. The molecule has 1 aromatic carbocycles. The SMILES string of the molecule is Cc1cc(OCC(=O)O)c(C)c(C)c1Cc1ccc(O)c(C2(CO)CCCCC2)n1. The van der Waals surface area contributed by atoms with Gasteiger partial charge >= 0.3 is 5.97 Å². The second-order valence-electron chi connectivity index (χ2n) is 8.45. The fourth-order valence-corrected chi connectivity index (χ4v) is 4.52. The first-order valence-corrected chi connectivity index (χ1v) is 10.5. The Morgan fingerprint density at radius 1 is 1.13 bits per heavy atom. The van der Waals surface area contributed by atoms with Crippen LogP contribution in [0.2, 0.25) is 0 Å². The maximum atomic E-state index is 10.8. The summed E-state index contributed by atoms with van der Waals surface area (Å²) in [6, 6.07) is 5.39. The van der Waals surface area contributed by atoms with E-state index in [0.717, 1.165) is 60.1 Å². The fraction of sp³-hybridized carbons (Fsp3) is 0.500. The van der Waals surface area contributed by atoms with Crippen LogP contribution in [-0.4, -0.2) is 39.5 Å². The lowest BCUT2D eigenvalue weighted by Gasteiger charge is -2.35. The van der Waals surface area contributed by atoms with Gasteiger partial charge in [0.2, 0.25) is 0 Å². The Morgan fingerprint density at radius 3 is 2.47 bits per heavy atom. The monoisotopic (exact) mass is 413 g/mol. The highest BCUT2D eigenvalue weighted by Gasteiger charge is 2.37. The van der Waals surface area contributed by atoms with Crippen molar-refractivity contribution in [3.63, 3.8) is 0 Å². The van der Waals surface area contributed by atoms with Gasteiger partial charge in [-0.3, -0.25) is 4.98 Å². The van der Waals surface area contributed by atoms with Crippen molar-refractivity contribution in [3.8, 4) is 11.5 Å². The van der Waals surface area contributed by atoms with Crippen LogP contribution in [0.4, 0.5) is 0 Å². The molecule has 2 aromatic rings. The number of aliphatic carboxylic acids is 1. The summed E-state index contributed by atoms with van der Waals surface area (Å²) >= 11 is 0. The molecule has 1 fully saturated rings. The summed E-state index contributed by atoms with van der Waals surface area (Å²) in [5.41, 5.74) is 5.05. The molecule has 1 aliphatic rings. The van der Waals surface area contributed by atoms with Crippen LogP contribution in [-0.2, 0) is 16.6 Å². The van der Waals surface area contributed by atoms with Crippen LogP contribution in [0.3, 0.4) is 0 Å². The van der Waals surface area contributed by atoms with Gasteiger partial charge in [-0.25, -0.2) is 4.79 Å². The molecule has 0 unspecified atom stereocenters. The Hall–Kier alpha value is -2.60. The topological polar surface area (TPSA) is 99.9 Å². The Balaban J connectivity index is 1.93. The minimum absolute atomic E-state index is 0.0101. The number of pyridine rings is 1. The molecule has 0 spiro atoms. The number of hydrogen-bond acceptors (Lipinski definition) is 5. The lowest BCUT2D eigenvalue weighted by molar-refractivity contribution is -0.139. The largest absolute Gasteiger partial charge is 0.506 e. The van der Waals surface area contributed by atoms with Crippen LogP contribution in [0.5, 0.6) is 11.5 Å². The van der Waals surface area contributed by atoms with Gasteiger partial charge in [-0.1, -0.05) is 19.3 Å². The highest BCUT2D eigenvalue weighted by molar-refractivity contribution is 5.68. The summed E-state index contributed by atoms with van der Waals surface area (Å²) in [6.07, 6.45) is 5.46. The molecule has 3 rings (SSSR count). The molecular formula is C24H31NO5. The highest BCUT2D eigenvalue weighted by Crippen LogP contribution is 2.42. The quantitative estimate of drug-likeness (QED) is 0.635. The molecule has 0 aliphatic heterocycles. The number of aryl methyl sites for hydroxylation is 1. The van der Waals surface area contributed by atoms with Gasteiger partial charge in [-0.05, 0) is 74.1 Å². The zero-order valence-corrected chi connectivity index (χ0v) is 18.0. The van der Waals surface area contributed by atoms with E-state index in [2.05, 4.69) is 0 Å². The number of hydrogen-bond donors (Lipinski definition) is 3. The lowest BCUT2D eigenvalue weighted by atomic mass is 9.72. The first kappa shape index (κ1) is 22.1. The summed E-state index contributed by atoms with van der Waals surface area (Å²) in [4.78, 5) is 15.6. The van der Waals surface area contributed by atoms with Crippen molar-refractivity contribution in [2.75, 3.05) is 13.2 Å². The zero-order valence-electron chi connectivity index (χ0n) is 18.0. The van der Waals surface area contributed by atoms with Crippen LogP contribution in [0.25, 0.3) is 0 Å². The van der Waals surface area contributed by atoms with Crippen LogP contribution >= 0.6 is 0 Å². The second kappa shape index (κ2) is 9.04. The fourth-order valence-electron chi connectivity index (χ4n) is 4.52.